The van der Waals surface area contributed by atoms with Gasteiger partial charge in [0.15, 0.2) is 5.78 Å². The maximum Gasteiger partial charge on any atom is 0.326 e. The summed E-state index contributed by atoms with van der Waals surface area (Å²) in [5, 5.41) is 8.57. The van der Waals surface area contributed by atoms with E-state index in [1.54, 1.807) is 61.9 Å². The second-order valence-electron chi connectivity index (χ2n) is 18.5. The van der Waals surface area contributed by atoms with E-state index in [2.05, 4.69) is 25.9 Å². The van der Waals surface area contributed by atoms with E-state index < -0.39 is 92.8 Å². The van der Waals surface area contributed by atoms with Gasteiger partial charge in [-0.25, -0.2) is 23.0 Å². The van der Waals surface area contributed by atoms with Crippen LogP contribution in [0.15, 0.2) is 94.6 Å². The van der Waals surface area contributed by atoms with Crippen LogP contribution in [0.3, 0.4) is 0 Å². The number of benzene rings is 2. The van der Waals surface area contributed by atoms with Crippen molar-refractivity contribution in [3.05, 3.63) is 107 Å². The van der Waals surface area contributed by atoms with Crippen molar-refractivity contribution in [3.63, 3.8) is 0 Å². The Hall–Kier alpha value is -6.90. The molecule has 5 rings (SSSR count). The highest BCUT2D eigenvalue weighted by atomic mass is 35.5. The molecular weight excluding hydrogens is 980 g/mol. The third kappa shape index (κ3) is 16.3. The number of aromatic nitrogens is 2. The molecule has 0 aliphatic heterocycles. The van der Waals surface area contributed by atoms with Crippen LogP contribution < -0.4 is 26.4 Å². The van der Waals surface area contributed by atoms with E-state index in [0.717, 1.165) is 31.4 Å². The highest BCUT2D eigenvalue weighted by molar-refractivity contribution is 7.90. The first kappa shape index (κ1) is 57.0. The summed E-state index contributed by atoms with van der Waals surface area (Å²) in [6.45, 7) is 8.83. The van der Waals surface area contributed by atoms with Crippen LogP contribution in [0.25, 0.3) is 17.4 Å². The Bertz CT molecular complexity index is 2740. The summed E-state index contributed by atoms with van der Waals surface area (Å²) in [5.74, 6) is -8.81. The Kier molecular flexibility index (Phi) is 20.8. The number of hydrogen-bond donors (Lipinski definition) is 5. The van der Waals surface area contributed by atoms with E-state index in [9.17, 15) is 46.8 Å². The average Bonchev–Trinajstić information content (AvgIpc) is 3.86. The quantitative estimate of drug-likeness (QED) is 0.0347. The lowest BCUT2D eigenvalue weighted by molar-refractivity contribution is -0.160. The van der Waals surface area contributed by atoms with Crippen LogP contribution >= 0.6 is 11.6 Å². The van der Waals surface area contributed by atoms with Crippen LogP contribution in [0.5, 0.6) is 0 Å². The van der Waals surface area contributed by atoms with Gasteiger partial charge in [-0.15, -0.1) is 0 Å². The van der Waals surface area contributed by atoms with Gasteiger partial charge in [0, 0.05) is 41.0 Å². The minimum atomic E-state index is -4.82. The van der Waals surface area contributed by atoms with Crippen molar-refractivity contribution in [1.29, 1.82) is 0 Å². The highest BCUT2D eigenvalue weighted by Crippen LogP contribution is 2.29. The zero-order valence-corrected chi connectivity index (χ0v) is 43.0. The molecule has 2 aromatic carbocycles. The summed E-state index contributed by atoms with van der Waals surface area (Å²) in [7, 11) is -4.82. The predicted molar refractivity (Wildman–Crippen MR) is 271 cm³/mol. The van der Waals surface area contributed by atoms with Crippen LogP contribution in [0.2, 0.25) is 5.02 Å². The summed E-state index contributed by atoms with van der Waals surface area (Å²) in [6, 6.07) is 9.72. The number of nitrogens with zero attached hydrogens (tertiary/aromatic N) is 3. The van der Waals surface area contributed by atoms with Gasteiger partial charge >= 0.3 is 11.8 Å². The van der Waals surface area contributed by atoms with Gasteiger partial charge in [0.25, 0.3) is 21.8 Å². The maximum absolute atomic E-state index is 14.8. The van der Waals surface area contributed by atoms with Crippen LogP contribution in [0.1, 0.15) is 125 Å². The molecule has 1 saturated carbocycles. The van der Waals surface area contributed by atoms with Gasteiger partial charge in [0.2, 0.25) is 17.7 Å². The molecule has 21 heteroatoms. The van der Waals surface area contributed by atoms with Gasteiger partial charge in [-0.2, -0.15) is 0 Å². The van der Waals surface area contributed by atoms with Gasteiger partial charge in [-0.3, -0.25) is 43.3 Å². The molecule has 0 spiro atoms. The number of allylic oxidation sites excluding steroid dienone is 1. The average molecular weight is 1040 g/mol. The SMILES string of the molecule is CC[C@H](N)CC(=O)N(C(=O)C(=O)NS(=O)(=O)c1ccc(-c2ccc(C=CC(=O)c3ccc(Cl)cc3)o2)cc1)C(=O)[C@H](CC1CCCCC1)NC(=O)[C@@H](NC(=O)[C@H](CC(C)C)NC(=O)c1cnccn1)[C@@H](C)CC. The van der Waals surface area contributed by atoms with Crippen molar-refractivity contribution in [1.82, 2.24) is 35.5 Å². The van der Waals surface area contributed by atoms with Crippen molar-refractivity contribution in [2.75, 3.05) is 0 Å². The lowest BCUT2D eigenvalue weighted by Gasteiger charge is -2.32. The molecule has 390 valence electrons. The van der Waals surface area contributed by atoms with Crippen LogP contribution in [0, 0.1) is 17.8 Å². The Morgan fingerprint density at radius 2 is 1.52 bits per heavy atom. The molecule has 73 heavy (non-hydrogen) atoms. The third-order valence-corrected chi connectivity index (χ3v) is 14.1. The third-order valence-electron chi connectivity index (χ3n) is 12.5. The molecule has 1 aliphatic carbocycles. The molecule has 2 heterocycles. The van der Waals surface area contributed by atoms with Gasteiger partial charge in [0.1, 0.15) is 35.3 Å². The first-order valence-corrected chi connectivity index (χ1v) is 26.2. The summed E-state index contributed by atoms with van der Waals surface area (Å²) >= 11 is 5.91. The second-order valence-corrected chi connectivity index (χ2v) is 20.6. The first-order valence-electron chi connectivity index (χ1n) is 24.3. The molecule has 0 radical (unpaired) electrons. The van der Waals surface area contributed by atoms with Crippen molar-refractivity contribution in [2.24, 2.45) is 23.5 Å². The van der Waals surface area contributed by atoms with E-state index >= 15 is 0 Å². The standard InChI is InChI=1S/C52H63ClN8O11S/c1-6-32(5)46(59-47(64)40(27-31(3)4)57-48(65)42-30-55-25-26-56-42)49(66)58-41(28-33-11-9-8-10-12-33)51(68)61(45(63)29-37(54)7-2)52(69)50(67)60-73(70,71)39-21-15-35(16-22-39)44-24-20-38(72-44)19-23-43(62)34-13-17-36(53)18-14-34/h13-26,30-33,37,40-41,46H,6-12,27-29,54H2,1-5H3,(H,57,65)(H,58,66)(H,59,64)(H,60,67)/t32-,37-,40-,41-,46-/m0/s1. The van der Waals surface area contributed by atoms with Gasteiger partial charge in [-0.1, -0.05) is 84.7 Å². The summed E-state index contributed by atoms with van der Waals surface area (Å²) in [5.41, 5.74) is 6.90. The van der Waals surface area contributed by atoms with E-state index in [-0.39, 0.29) is 47.5 Å². The molecular formula is C52H63ClN8O11S. The number of imide groups is 3. The Labute approximate surface area is 429 Å². The van der Waals surface area contributed by atoms with Crippen molar-refractivity contribution < 1.29 is 51.2 Å². The molecule has 7 amide bonds. The number of nitrogens with two attached hydrogens (primary N) is 1. The molecule has 0 bridgehead atoms. The van der Waals surface area contributed by atoms with E-state index in [0.29, 0.717) is 46.9 Å². The number of carbonyl (C=O) groups excluding carboxylic acids is 8. The predicted octanol–water partition coefficient (Wildman–Crippen LogP) is 5.93. The highest BCUT2D eigenvalue weighted by Gasteiger charge is 2.42. The van der Waals surface area contributed by atoms with E-state index in [1.807, 2.05) is 13.8 Å². The van der Waals surface area contributed by atoms with Gasteiger partial charge < -0.3 is 26.1 Å². The number of hydrogen-bond acceptors (Lipinski definition) is 14. The lowest BCUT2D eigenvalue weighted by atomic mass is 9.84. The minimum absolute atomic E-state index is 0.0315. The number of carbonyl (C=O) groups is 8. The number of furan rings is 1. The zero-order valence-electron chi connectivity index (χ0n) is 41.5. The molecule has 1 fully saturated rings. The van der Waals surface area contributed by atoms with E-state index in [4.69, 9.17) is 21.8 Å². The number of nitrogens with one attached hydrogen (secondary N) is 4. The number of amides is 7. The van der Waals surface area contributed by atoms with Crippen molar-refractivity contribution in [2.45, 2.75) is 128 Å². The molecule has 6 N–H and O–H groups in total. The monoisotopic (exact) mass is 1040 g/mol. The Morgan fingerprint density at radius 1 is 0.836 bits per heavy atom. The first-order chi connectivity index (χ1) is 34.7. The lowest BCUT2D eigenvalue weighted by Crippen LogP contribution is -2.61. The van der Waals surface area contributed by atoms with Crippen LogP contribution in [0.4, 0.5) is 0 Å². The molecule has 2 aromatic heterocycles. The fraction of sp³-hybridized carbons (Fsp3) is 0.423. The molecule has 5 atom stereocenters. The smallest absolute Gasteiger partial charge is 0.326 e. The van der Waals surface area contributed by atoms with E-state index in [1.165, 1.54) is 42.9 Å². The normalized spacial score (nSPS) is 15.1. The molecule has 1 aliphatic rings. The number of ketones is 1. The van der Waals surface area contributed by atoms with Crippen LogP contribution in [-0.4, -0.2) is 94.6 Å². The summed E-state index contributed by atoms with van der Waals surface area (Å²) < 4.78 is 34.7. The zero-order chi connectivity index (χ0) is 53.4. The topological polar surface area (TPSA) is 287 Å². The molecule has 0 saturated heterocycles. The largest absolute Gasteiger partial charge is 0.457 e. The number of sulfonamides is 1. The number of halogens is 1. The fourth-order valence-corrected chi connectivity index (χ4v) is 9.16. The molecule has 0 unspecified atom stereocenters. The second kappa shape index (κ2) is 26.7. The van der Waals surface area contributed by atoms with Gasteiger partial charge in [0.05, 0.1) is 11.1 Å². The molecule has 4 aromatic rings. The number of rotatable bonds is 22. The molecule has 19 nitrogen and oxygen atoms in total. The van der Waals surface area contributed by atoms with Crippen molar-refractivity contribution in [3.8, 4) is 11.3 Å². The van der Waals surface area contributed by atoms with Crippen LogP contribution in [-0.2, 0) is 38.8 Å². The fourth-order valence-electron chi connectivity index (χ4n) is 8.09. The maximum atomic E-state index is 14.8. The summed E-state index contributed by atoms with van der Waals surface area (Å²) in [6.07, 6.45) is 10.7. The Balaban J connectivity index is 1.37. The van der Waals surface area contributed by atoms with Crippen molar-refractivity contribution >= 4 is 74.8 Å². The van der Waals surface area contributed by atoms with Gasteiger partial charge in [-0.05, 0) is 110 Å². The minimum Gasteiger partial charge on any atom is -0.457 e. The Morgan fingerprint density at radius 3 is 2.14 bits per heavy atom. The summed E-state index contributed by atoms with van der Waals surface area (Å²) in [4.78, 5) is 118.